The van der Waals surface area contributed by atoms with Gasteiger partial charge in [-0.1, -0.05) is 57.2 Å². The van der Waals surface area contributed by atoms with E-state index >= 15 is 0 Å². The first-order valence-corrected chi connectivity index (χ1v) is 12.1. The molecule has 0 aliphatic heterocycles. The van der Waals surface area contributed by atoms with Crippen molar-refractivity contribution in [1.82, 2.24) is 30.1 Å². The number of rotatable bonds is 9. The molecule has 0 fully saturated rings. The number of aryl methyl sites for hydroxylation is 1. The number of hydrogen-bond donors (Lipinski definition) is 1. The highest BCUT2D eigenvalue weighted by molar-refractivity contribution is 5.80. The SMILES string of the molecule is CCc1ccc2[nH]c(=O)c(C(c3nnnn3C(C)(C)CC)N(CC)Cc3ccccc3)cc2c1. The molecule has 0 saturated heterocycles. The molecule has 7 heteroatoms. The van der Waals surface area contributed by atoms with E-state index in [1.165, 1.54) is 11.1 Å². The Labute approximate surface area is 200 Å². The number of tetrazole rings is 1. The summed E-state index contributed by atoms with van der Waals surface area (Å²) in [7, 11) is 0. The largest absolute Gasteiger partial charge is 0.322 e. The summed E-state index contributed by atoms with van der Waals surface area (Å²) in [6.45, 7) is 12.0. The lowest BCUT2D eigenvalue weighted by Gasteiger charge is -2.33. The minimum absolute atomic E-state index is 0.114. The van der Waals surface area contributed by atoms with E-state index in [1.54, 1.807) is 0 Å². The summed E-state index contributed by atoms with van der Waals surface area (Å²) in [5.74, 6) is 0.682. The second-order valence-electron chi connectivity index (χ2n) is 9.40. The molecular formula is C27H34N6O. The quantitative estimate of drug-likeness (QED) is 0.388. The zero-order chi connectivity index (χ0) is 24.3. The van der Waals surface area contributed by atoms with E-state index in [-0.39, 0.29) is 11.1 Å². The number of H-pyrrole nitrogens is 1. The molecule has 4 aromatic rings. The Morgan fingerprint density at radius 2 is 1.79 bits per heavy atom. The Morgan fingerprint density at radius 3 is 2.47 bits per heavy atom. The highest BCUT2D eigenvalue weighted by Gasteiger charge is 2.33. The number of hydrogen-bond acceptors (Lipinski definition) is 5. The molecule has 0 aliphatic carbocycles. The highest BCUT2D eigenvalue weighted by Crippen LogP contribution is 2.31. The van der Waals surface area contributed by atoms with Crippen LogP contribution in [0.3, 0.4) is 0 Å². The van der Waals surface area contributed by atoms with Crippen molar-refractivity contribution in [2.24, 2.45) is 0 Å². The lowest BCUT2D eigenvalue weighted by atomic mass is 9.98. The van der Waals surface area contributed by atoms with Crippen molar-refractivity contribution in [3.63, 3.8) is 0 Å². The van der Waals surface area contributed by atoms with Crippen LogP contribution in [-0.4, -0.2) is 36.6 Å². The second kappa shape index (κ2) is 9.89. The number of aromatic nitrogens is 5. The fourth-order valence-electron chi connectivity index (χ4n) is 4.34. The first-order valence-electron chi connectivity index (χ1n) is 12.1. The van der Waals surface area contributed by atoms with E-state index < -0.39 is 6.04 Å². The first kappa shape index (κ1) is 23.8. The van der Waals surface area contributed by atoms with Crippen LogP contribution >= 0.6 is 0 Å². The lowest BCUT2D eigenvalue weighted by molar-refractivity contribution is 0.197. The van der Waals surface area contributed by atoms with Crippen molar-refractivity contribution < 1.29 is 0 Å². The average molecular weight is 459 g/mol. The number of nitrogens with one attached hydrogen (secondary N) is 1. The summed E-state index contributed by atoms with van der Waals surface area (Å²) in [5.41, 5.74) is 3.49. The normalized spacial score (nSPS) is 13.0. The number of nitrogens with zero attached hydrogens (tertiary/aromatic N) is 5. The maximum Gasteiger partial charge on any atom is 0.253 e. The standard InChI is InChI=1S/C27H34N6O/c1-6-19-14-15-23-21(16-19)17-22(26(34)28-23)24(25-29-30-31-33(25)27(4,5)7-2)32(8-3)18-20-12-10-9-11-13-20/h9-17,24H,6-8,18H2,1-5H3,(H,28,34). The van der Waals surface area contributed by atoms with Gasteiger partial charge < -0.3 is 4.98 Å². The minimum Gasteiger partial charge on any atom is -0.322 e. The van der Waals surface area contributed by atoms with E-state index in [0.29, 0.717) is 17.9 Å². The molecule has 178 valence electrons. The van der Waals surface area contributed by atoms with Crippen LogP contribution in [0, 0.1) is 0 Å². The molecule has 1 atom stereocenters. The smallest absolute Gasteiger partial charge is 0.253 e. The van der Waals surface area contributed by atoms with E-state index in [1.807, 2.05) is 35.0 Å². The Hall–Kier alpha value is -3.32. The van der Waals surface area contributed by atoms with Gasteiger partial charge in [-0.2, -0.15) is 0 Å². The molecular weight excluding hydrogens is 424 g/mol. The molecule has 0 bridgehead atoms. The zero-order valence-electron chi connectivity index (χ0n) is 20.7. The third kappa shape index (κ3) is 4.66. The van der Waals surface area contributed by atoms with Crippen LogP contribution in [0.5, 0.6) is 0 Å². The third-order valence-corrected chi connectivity index (χ3v) is 6.82. The summed E-state index contributed by atoms with van der Waals surface area (Å²) < 4.78 is 1.89. The van der Waals surface area contributed by atoms with Crippen molar-refractivity contribution in [1.29, 1.82) is 0 Å². The lowest BCUT2D eigenvalue weighted by Crippen LogP contribution is -2.38. The van der Waals surface area contributed by atoms with Gasteiger partial charge in [0.1, 0.15) is 6.04 Å². The van der Waals surface area contributed by atoms with Gasteiger partial charge >= 0.3 is 0 Å². The van der Waals surface area contributed by atoms with E-state index in [9.17, 15) is 4.79 Å². The molecule has 2 aromatic heterocycles. The Bertz CT molecular complexity index is 1310. The summed E-state index contributed by atoms with van der Waals surface area (Å²) in [4.78, 5) is 18.8. The molecule has 7 nitrogen and oxygen atoms in total. The average Bonchev–Trinajstić information content (AvgIpc) is 3.34. The van der Waals surface area contributed by atoms with Gasteiger partial charge in [0, 0.05) is 17.6 Å². The minimum atomic E-state index is -0.399. The molecule has 1 N–H and O–H groups in total. The molecule has 34 heavy (non-hydrogen) atoms. The maximum absolute atomic E-state index is 13.5. The first-order chi connectivity index (χ1) is 16.4. The van der Waals surface area contributed by atoms with Crippen molar-refractivity contribution in [3.05, 3.63) is 87.5 Å². The molecule has 0 saturated carbocycles. The number of benzene rings is 2. The van der Waals surface area contributed by atoms with Crippen molar-refractivity contribution in [2.75, 3.05) is 6.54 Å². The van der Waals surface area contributed by atoms with Crippen LogP contribution in [0.1, 0.15) is 69.6 Å². The molecule has 0 radical (unpaired) electrons. The Kier molecular flexibility index (Phi) is 6.93. The number of aromatic amines is 1. The van der Waals surface area contributed by atoms with Gasteiger partial charge in [0.2, 0.25) is 0 Å². The van der Waals surface area contributed by atoms with Crippen LogP contribution in [0.15, 0.2) is 59.4 Å². The molecule has 1 unspecified atom stereocenters. The summed E-state index contributed by atoms with van der Waals surface area (Å²) in [6, 6.07) is 18.1. The van der Waals surface area contributed by atoms with Gasteiger partial charge in [0.05, 0.1) is 5.54 Å². The Balaban J connectivity index is 1.92. The maximum atomic E-state index is 13.5. The molecule has 0 aliphatic rings. The van der Waals surface area contributed by atoms with E-state index in [0.717, 1.165) is 30.3 Å². The zero-order valence-corrected chi connectivity index (χ0v) is 20.7. The van der Waals surface area contributed by atoms with Crippen molar-refractivity contribution >= 4 is 10.9 Å². The van der Waals surface area contributed by atoms with Crippen LogP contribution in [0.4, 0.5) is 0 Å². The second-order valence-corrected chi connectivity index (χ2v) is 9.40. The molecule has 0 amide bonds. The predicted molar refractivity (Wildman–Crippen MR) is 136 cm³/mol. The van der Waals surface area contributed by atoms with Gasteiger partial charge in [0.15, 0.2) is 5.82 Å². The van der Waals surface area contributed by atoms with Gasteiger partial charge in [-0.05, 0) is 78.4 Å². The van der Waals surface area contributed by atoms with Gasteiger partial charge in [-0.15, -0.1) is 5.10 Å². The molecule has 2 aromatic carbocycles. The van der Waals surface area contributed by atoms with Crippen LogP contribution < -0.4 is 5.56 Å². The van der Waals surface area contributed by atoms with Gasteiger partial charge in [-0.25, -0.2) is 4.68 Å². The number of fused-ring (bicyclic) bond motifs is 1. The van der Waals surface area contributed by atoms with Crippen molar-refractivity contribution in [2.45, 2.75) is 65.6 Å². The molecule has 4 rings (SSSR count). The molecule has 0 spiro atoms. The monoisotopic (exact) mass is 458 g/mol. The highest BCUT2D eigenvalue weighted by atomic mass is 16.1. The summed E-state index contributed by atoms with van der Waals surface area (Å²) in [6.07, 6.45) is 1.79. The van der Waals surface area contributed by atoms with Gasteiger partial charge in [0.25, 0.3) is 5.56 Å². The fourth-order valence-corrected chi connectivity index (χ4v) is 4.34. The van der Waals surface area contributed by atoms with Crippen LogP contribution in [0.25, 0.3) is 10.9 Å². The van der Waals surface area contributed by atoms with Crippen LogP contribution in [0.2, 0.25) is 0 Å². The predicted octanol–water partition coefficient (Wildman–Crippen LogP) is 4.83. The van der Waals surface area contributed by atoms with E-state index in [2.05, 4.69) is 84.3 Å². The van der Waals surface area contributed by atoms with Gasteiger partial charge in [-0.3, -0.25) is 9.69 Å². The molecule has 2 heterocycles. The van der Waals surface area contributed by atoms with Crippen LogP contribution in [-0.2, 0) is 18.5 Å². The summed E-state index contributed by atoms with van der Waals surface area (Å²) >= 11 is 0. The van der Waals surface area contributed by atoms with Crippen molar-refractivity contribution in [3.8, 4) is 0 Å². The fraction of sp³-hybridized carbons (Fsp3) is 0.407. The summed E-state index contributed by atoms with van der Waals surface area (Å²) in [5, 5.41) is 13.9. The van der Waals surface area contributed by atoms with E-state index in [4.69, 9.17) is 0 Å². The third-order valence-electron chi connectivity index (χ3n) is 6.82. The number of pyridine rings is 1. The Morgan fingerprint density at radius 1 is 1.03 bits per heavy atom. The topological polar surface area (TPSA) is 79.7 Å².